The summed E-state index contributed by atoms with van der Waals surface area (Å²) in [5.74, 6) is 0.915. The van der Waals surface area contributed by atoms with Gasteiger partial charge in [0, 0.05) is 11.7 Å². The Hall–Kier alpha value is -1.48. The molecule has 0 spiro atoms. The highest BCUT2D eigenvalue weighted by Crippen LogP contribution is 2.23. The van der Waals surface area contributed by atoms with Crippen molar-refractivity contribution in [2.75, 3.05) is 5.32 Å². The molecular formula is C15H19NOS. The van der Waals surface area contributed by atoms with Crippen LogP contribution in [0, 0.1) is 0 Å². The van der Waals surface area contributed by atoms with Crippen LogP contribution in [0.2, 0.25) is 0 Å². The third-order valence-electron chi connectivity index (χ3n) is 2.65. The van der Waals surface area contributed by atoms with Crippen LogP contribution in [-0.4, -0.2) is 6.10 Å². The molecule has 1 aromatic carbocycles. The van der Waals surface area contributed by atoms with E-state index in [2.05, 4.69) is 41.2 Å². The van der Waals surface area contributed by atoms with Crippen LogP contribution in [0.3, 0.4) is 0 Å². The molecule has 3 heteroatoms. The van der Waals surface area contributed by atoms with Crippen molar-refractivity contribution in [3.05, 3.63) is 46.7 Å². The molecule has 0 aliphatic rings. The van der Waals surface area contributed by atoms with Crippen molar-refractivity contribution in [3.8, 4) is 5.75 Å². The van der Waals surface area contributed by atoms with E-state index < -0.39 is 0 Å². The molecule has 2 nitrogen and oxygen atoms in total. The molecule has 0 aliphatic carbocycles. The SMILES string of the molecule is CC(C)Oc1ccc(NC(C)c2ccsc2)cc1. The monoisotopic (exact) mass is 261 g/mol. The van der Waals surface area contributed by atoms with Crippen LogP contribution in [0.15, 0.2) is 41.1 Å². The highest BCUT2D eigenvalue weighted by atomic mass is 32.1. The van der Waals surface area contributed by atoms with E-state index in [1.165, 1.54) is 5.56 Å². The number of benzene rings is 1. The molecule has 0 bridgehead atoms. The molecule has 1 unspecified atom stereocenters. The first-order valence-corrected chi connectivity index (χ1v) is 7.15. The maximum Gasteiger partial charge on any atom is 0.119 e. The number of nitrogens with one attached hydrogen (secondary N) is 1. The summed E-state index contributed by atoms with van der Waals surface area (Å²) in [6.07, 6.45) is 0.216. The van der Waals surface area contributed by atoms with Crippen LogP contribution < -0.4 is 10.1 Å². The van der Waals surface area contributed by atoms with E-state index in [9.17, 15) is 0 Å². The predicted molar refractivity (Wildman–Crippen MR) is 78.6 cm³/mol. The second-order valence-electron chi connectivity index (χ2n) is 4.61. The van der Waals surface area contributed by atoms with Gasteiger partial charge >= 0.3 is 0 Å². The minimum Gasteiger partial charge on any atom is -0.491 e. The molecule has 1 heterocycles. The van der Waals surface area contributed by atoms with Gasteiger partial charge in [-0.25, -0.2) is 0 Å². The first-order chi connectivity index (χ1) is 8.65. The van der Waals surface area contributed by atoms with Crippen LogP contribution in [0.1, 0.15) is 32.4 Å². The molecule has 0 fully saturated rings. The van der Waals surface area contributed by atoms with Gasteiger partial charge in [-0.1, -0.05) is 0 Å². The molecule has 96 valence electrons. The second-order valence-corrected chi connectivity index (χ2v) is 5.39. The fourth-order valence-electron chi connectivity index (χ4n) is 1.76. The molecule has 1 aromatic heterocycles. The number of rotatable bonds is 5. The fraction of sp³-hybridized carbons (Fsp3) is 0.333. The number of ether oxygens (including phenoxy) is 1. The molecule has 0 radical (unpaired) electrons. The van der Waals surface area contributed by atoms with Crippen molar-refractivity contribution in [2.45, 2.75) is 32.9 Å². The summed E-state index contributed by atoms with van der Waals surface area (Å²) in [5, 5.41) is 7.75. The molecule has 2 rings (SSSR count). The zero-order valence-electron chi connectivity index (χ0n) is 11.0. The van der Waals surface area contributed by atoms with Gasteiger partial charge in [0.15, 0.2) is 0 Å². The Balaban J connectivity index is 1.98. The van der Waals surface area contributed by atoms with E-state index in [1.807, 2.05) is 26.0 Å². The van der Waals surface area contributed by atoms with Gasteiger partial charge in [0.05, 0.1) is 6.10 Å². The molecule has 18 heavy (non-hydrogen) atoms. The van der Waals surface area contributed by atoms with E-state index in [4.69, 9.17) is 4.74 Å². The lowest BCUT2D eigenvalue weighted by atomic mass is 10.1. The van der Waals surface area contributed by atoms with Crippen molar-refractivity contribution in [1.29, 1.82) is 0 Å². The Kier molecular flexibility index (Phi) is 4.26. The van der Waals surface area contributed by atoms with Crippen molar-refractivity contribution in [1.82, 2.24) is 0 Å². The van der Waals surface area contributed by atoms with Crippen molar-refractivity contribution >= 4 is 17.0 Å². The maximum absolute atomic E-state index is 5.62. The van der Waals surface area contributed by atoms with Gasteiger partial charge in [0.1, 0.15) is 5.75 Å². The van der Waals surface area contributed by atoms with E-state index >= 15 is 0 Å². The van der Waals surface area contributed by atoms with Gasteiger partial charge < -0.3 is 10.1 Å². The second kappa shape index (κ2) is 5.91. The summed E-state index contributed by atoms with van der Waals surface area (Å²) in [6.45, 7) is 6.23. The topological polar surface area (TPSA) is 21.3 Å². The zero-order valence-corrected chi connectivity index (χ0v) is 11.8. The van der Waals surface area contributed by atoms with Gasteiger partial charge in [0.2, 0.25) is 0 Å². The highest BCUT2D eigenvalue weighted by Gasteiger charge is 2.05. The lowest BCUT2D eigenvalue weighted by Crippen LogP contribution is -2.07. The van der Waals surface area contributed by atoms with Gasteiger partial charge in [-0.3, -0.25) is 0 Å². The normalized spacial score (nSPS) is 12.4. The van der Waals surface area contributed by atoms with Gasteiger partial charge in [-0.2, -0.15) is 11.3 Å². The van der Waals surface area contributed by atoms with Gasteiger partial charge in [-0.15, -0.1) is 0 Å². The number of thiophene rings is 1. The first kappa shape index (κ1) is 13.0. The zero-order chi connectivity index (χ0) is 13.0. The minimum absolute atomic E-state index is 0.216. The van der Waals surface area contributed by atoms with E-state index in [1.54, 1.807) is 11.3 Å². The van der Waals surface area contributed by atoms with Crippen LogP contribution in [-0.2, 0) is 0 Å². The summed E-state index contributed by atoms with van der Waals surface area (Å²) in [7, 11) is 0. The predicted octanol–water partition coefficient (Wildman–Crippen LogP) is 4.71. The fourth-order valence-corrected chi connectivity index (χ4v) is 2.51. The van der Waals surface area contributed by atoms with Crippen molar-refractivity contribution in [2.24, 2.45) is 0 Å². The summed E-state index contributed by atoms with van der Waals surface area (Å²) >= 11 is 1.73. The maximum atomic E-state index is 5.62. The van der Waals surface area contributed by atoms with E-state index in [0.717, 1.165) is 11.4 Å². The van der Waals surface area contributed by atoms with Crippen LogP contribution in [0.5, 0.6) is 5.75 Å². The quantitative estimate of drug-likeness (QED) is 0.841. The Morgan fingerprint density at radius 1 is 1.06 bits per heavy atom. The molecule has 0 saturated carbocycles. The largest absolute Gasteiger partial charge is 0.491 e. The molecule has 0 amide bonds. The third kappa shape index (κ3) is 3.50. The van der Waals surface area contributed by atoms with E-state index in [0.29, 0.717) is 6.04 Å². The lowest BCUT2D eigenvalue weighted by molar-refractivity contribution is 0.242. The standard InChI is InChI=1S/C15H19NOS/c1-11(2)17-15-6-4-14(5-7-15)16-12(3)13-8-9-18-10-13/h4-12,16H,1-3H3. The van der Waals surface area contributed by atoms with Crippen molar-refractivity contribution in [3.63, 3.8) is 0 Å². The Bertz CT molecular complexity index is 462. The highest BCUT2D eigenvalue weighted by molar-refractivity contribution is 7.07. The molecule has 1 atom stereocenters. The lowest BCUT2D eigenvalue weighted by Gasteiger charge is -2.15. The van der Waals surface area contributed by atoms with E-state index in [-0.39, 0.29) is 6.10 Å². The summed E-state index contributed by atoms with van der Waals surface area (Å²) < 4.78 is 5.62. The minimum atomic E-state index is 0.216. The number of hydrogen-bond donors (Lipinski definition) is 1. The molecule has 0 saturated heterocycles. The number of anilines is 1. The number of hydrogen-bond acceptors (Lipinski definition) is 3. The molecular weight excluding hydrogens is 242 g/mol. The summed E-state index contributed by atoms with van der Waals surface area (Å²) in [5.41, 5.74) is 2.44. The Morgan fingerprint density at radius 3 is 2.33 bits per heavy atom. The smallest absolute Gasteiger partial charge is 0.119 e. The Morgan fingerprint density at radius 2 is 1.78 bits per heavy atom. The average Bonchev–Trinajstić information content (AvgIpc) is 2.84. The third-order valence-corrected chi connectivity index (χ3v) is 3.35. The van der Waals surface area contributed by atoms with Crippen LogP contribution in [0.25, 0.3) is 0 Å². The average molecular weight is 261 g/mol. The molecule has 1 N–H and O–H groups in total. The Labute approximate surface area is 113 Å². The first-order valence-electron chi connectivity index (χ1n) is 6.20. The van der Waals surface area contributed by atoms with Crippen molar-refractivity contribution < 1.29 is 4.74 Å². The van der Waals surface area contributed by atoms with Gasteiger partial charge in [-0.05, 0) is 67.4 Å². The summed E-state index contributed by atoms with van der Waals surface area (Å²) in [6, 6.07) is 10.6. The van der Waals surface area contributed by atoms with Crippen LogP contribution >= 0.6 is 11.3 Å². The molecule has 0 aliphatic heterocycles. The van der Waals surface area contributed by atoms with Crippen LogP contribution in [0.4, 0.5) is 5.69 Å². The molecule has 2 aromatic rings. The van der Waals surface area contributed by atoms with Gasteiger partial charge in [0.25, 0.3) is 0 Å². The summed E-state index contributed by atoms with van der Waals surface area (Å²) in [4.78, 5) is 0.